The van der Waals surface area contributed by atoms with Gasteiger partial charge in [-0.15, -0.1) is 0 Å². The zero-order valence-electron chi connectivity index (χ0n) is 8.47. The second-order valence-corrected chi connectivity index (χ2v) is 3.50. The lowest BCUT2D eigenvalue weighted by Crippen LogP contribution is -1.88. The normalized spacial score (nSPS) is 12.1. The molecule has 0 bridgehead atoms. The molecular formula is C13H11NO. The number of rotatable bonds is 2. The van der Waals surface area contributed by atoms with Gasteiger partial charge in [0.15, 0.2) is 0 Å². The molecule has 15 heavy (non-hydrogen) atoms. The molecule has 1 unspecified atom stereocenters. The minimum Gasteiger partial charge on any atom is -0.211 e. The Labute approximate surface area is 88.3 Å². The Morgan fingerprint density at radius 1 is 1.13 bits per heavy atom. The topological polar surface area (TPSA) is 29.4 Å². The molecule has 0 heterocycles. The van der Waals surface area contributed by atoms with E-state index in [1.54, 1.807) is 6.08 Å². The van der Waals surface area contributed by atoms with Crippen molar-refractivity contribution < 1.29 is 4.79 Å². The molecule has 1 atom stereocenters. The van der Waals surface area contributed by atoms with E-state index in [1.807, 2.05) is 31.2 Å². The Morgan fingerprint density at radius 3 is 2.60 bits per heavy atom. The summed E-state index contributed by atoms with van der Waals surface area (Å²) < 4.78 is 0. The van der Waals surface area contributed by atoms with E-state index in [1.165, 1.54) is 10.8 Å². The number of carbonyl (C=O) groups excluding carboxylic acids is 1. The van der Waals surface area contributed by atoms with E-state index in [4.69, 9.17) is 0 Å². The van der Waals surface area contributed by atoms with Crippen molar-refractivity contribution in [3.8, 4) is 0 Å². The van der Waals surface area contributed by atoms with E-state index >= 15 is 0 Å². The molecule has 0 aliphatic rings. The van der Waals surface area contributed by atoms with E-state index in [2.05, 4.69) is 23.2 Å². The molecule has 0 fully saturated rings. The largest absolute Gasteiger partial charge is 0.235 e. The molecule has 2 rings (SSSR count). The Bertz CT molecular complexity index is 527. The standard InChI is InChI=1S/C13H11NO/c1-10(14-9-15)12-7-6-11-4-2-3-5-13(11)8-12/h2-8,10H,1H3. The highest BCUT2D eigenvalue weighted by atomic mass is 16.1. The van der Waals surface area contributed by atoms with Crippen molar-refractivity contribution in [1.29, 1.82) is 0 Å². The van der Waals surface area contributed by atoms with Crippen LogP contribution >= 0.6 is 0 Å². The van der Waals surface area contributed by atoms with Gasteiger partial charge in [-0.05, 0) is 29.3 Å². The zero-order valence-corrected chi connectivity index (χ0v) is 8.47. The van der Waals surface area contributed by atoms with E-state index in [0.29, 0.717) is 0 Å². The van der Waals surface area contributed by atoms with Crippen molar-refractivity contribution in [2.24, 2.45) is 4.99 Å². The van der Waals surface area contributed by atoms with Crippen LogP contribution in [0.4, 0.5) is 0 Å². The first-order valence-corrected chi connectivity index (χ1v) is 4.87. The van der Waals surface area contributed by atoms with Crippen LogP contribution in [0, 0.1) is 0 Å². The monoisotopic (exact) mass is 197 g/mol. The van der Waals surface area contributed by atoms with Crippen LogP contribution in [0.2, 0.25) is 0 Å². The molecule has 0 N–H and O–H groups in total. The second-order valence-electron chi connectivity index (χ2n) is 3.50. The van der Waals surface area contributed by atoms with Crippen LogP contribution in [0.15, 0.2) is 47.5 Å². The van der Waals surface area contributed by atoms with Crippen molar-refractivity contribution in [3.63, 3.8) is 0 Å². The molecule has 0 radical (unpaired) electrons. The minimum absolute atomic E-state index is 0.118. The van der Waals surface area contributed by atoms with E-state index in [-0.39, 0.29) is 6.04 Å². The minimum atomic E-state index is -0.118. The number of hydrogen-bond donors (Lipinski definition) is 0. The Morgan fingerprint density at radius 2 is 1.87 bits per heavy atom. The highest BCUT2D eigenvalue weighted by Crippen LogP contribution is 2.21. The molecule has 2 aromatic carbocycles. The average molecular weight is 197 g/mol. The van der Waals surface area contributed by atoms with Gasteiger partial charge < -0.3 is 0 Å². The summed E-state index contributed by atoms with van der Waals surface area (Å²) in [6, 6.07) is 14.1. The predicted molar refractivity (Wildman–Crippen MR) is 60.5 cm³/mol. The van der Waals surface area contributed by atoms with Gasteiger partial charge in [-0.2, -0.15) is 4.99 Å². The van der Waals surface area contributed by atoms with E-state index < -0.39 is 0 Å². The van der Waals surface area contributed by atoms with Gasteiger partial charge in [0, 0.05) is 0 Å². The van der Waals surface area contributed by atoms with Crippen LogP contribution in [-0.4, -0.2) is 6.08 Å². The molecule has 0 saturated carbocycles. The number of isocyanates is 1. The molecule has 74 valence electrons. The molecule has 0 aromatic heterocycles. The van der Waals surface area contributed by atoms with Gasteiger partial charge in [-0.1, -0.05) is 36.4 Å². The first kappa shape index (κ1) is 9.63. The molecule has 0 saturated heterocycles. The van der Waals surface area contributed by atoms with Gasteiger partial charge in [0.1, 0.15) is 0 Å². The summed E-state index contributed by atoms with van der Waals surface area (Å²) >= 11 is 0. The van der Waals surface area contributed by atoms with Crippen molar-refractivity contribution in [2.45, 2.75) is 13.0 Å². The molecule has 0 aliphatic heterocycles. The summed E-state index contributed by atoms with van der Waals surface area (Å²) in [6.45, 7) is 1.88. The Hall–Kier alpha value is -1.92. The third-order valence-electron chi connectivity index (χ3n) is 2.50. The first-order valence-electron chi connectivity index (χ1n) is 4.87. The highest BCUT2D eigenvalue weighted by molar-refractivity contribution is 5.83. The third-order valence-corrected chi connectivity index (χ3v) is 2.50. The summed E-state index contributed by atoms with van der Waals surface area (Å²) in [6.07, 6.45) is 1.59. The summed E-state index contributed by atoms with van der Waals surface area (Å²) in [5.41, 5.74) is 1.04. The maximum atomic E-state index is 10.2. The fourth-order valence-electron chi connectivity index (χ4n) is 1.62. The van der Waals surface area contributed by atoms with Crippen molar-refractivity contribution in [3.05, 3.63) is 48.0 Å². The predicted octanol–water partition coefficient (Wildman–Crippen LogP) is 3.24. The van der Waals surface area contributed by atoms with Crippen LogP contribution in [0.5, 0.6) is 0 Å². The number of nitrogens with zero attached hydrogens (tertiary/aromatic N) is 1. The average Bonchev–Trinajstić information content (AvgIpc) is 2.29. The Balaban J connectivity index is 2.51. The van der Waals surface area contributed by atoms with Gasteiger partial charge >= 0.3 is 0 Å². The first-order chi connectivity index (χ1) is 7.31. The summed E-state index contributed by atoms with van der Waals surface area (Å²) in [5.74, 6) is 0. The van der Waals surface area contributed by atoms with Crippen LogP contribution in [0.25, 0.3) is 10.8 Å². The SMILES string of the molecule is CC(N=C=O)c1ccc2ccccc2c1. The molecular weight excluding hydrogens is 186 g/mol. The lowest BCUT2D eigenvalue weighted by molar-refractivity contribution is 0.559. The fourth-order valence-corrected chi connectivity index (χ4v) is 1.62. The van der Waals surface area contributed by atoms with Gasteiger partial charge in [0.2, 0.25) is 6.08 Å². The molecule has 2 aromatic rings. The molecule has 0 amide bonds. The zero-order chi connectivity index (χ0) is 10.7. The third kappa shape index (κ3) is 1.95. The smallest absolute Gasteiger partial charge is 0.211 e. The van der Waals surface area contributed by atoms with E-state index in [9.17, 15) is 4.79 Å². The lowest BCUT2D eigenvalue weighted by atomic mass is 10.0. The van der Waals surface area contributed by atoms with Gasteiger partial charge in [-0.25, -0.2) is 4.79 Å². The molecule has 0 aliphatic carbocycles. The Kier molecular flexibility index (Phi) is 2.61. The number of benzene rings is 2. The number of hydrogen-bond acceptors (Lipinski definition) is 2. The number of aliphatic imine (C=N–C) groups is 1. The fraction of sp³-hybridized carbons (Fsp3) is 0.154. The van der Waals surface area contributed by atoms with Crippen LogP contribution in [-0.2, 0) is 4.79 Å². The highest BCUT2D eigenvalue weighted by Gasteiger charge is 2.03. The maximum absolute atomic E-state index is 10.2. The van der Waals surface area contributed by atoms with Gasteiger partial charge in [0.25, 0.3) is 0 Å². The van der Waals surface area contributed by atoms with Crippen molar-refractivity contribution >= 4 is 16.9 Å². The molecule has 2 nitrogen and oxygen atoms in total. The van der Waals surface area contributed by atoms with Crippen LogP contribution < -0.4 is 0 Å². The quantitative estimate of drug-likeness (QED) is 0.536. The molecule has 2 heteroatoms. The van der Waals surface area contributed by atoms with Gasteiger partial charge in [-0.3, -0.25) is 0 Å². The maximum Gasteiger partial charge on any atom is 0.235 e. The molecule has 0 spiro atoms. The summed E-state index contributed by atoms with van der Waals surface area (Å²) in [7, 11) is 0. The van der Waals surface area contributed by atoms with Crippen molar-refractivity contribution in [2.75, 3.05) is 0 Å². The second kappa shape index (κ2) is 4.07. The summed E-state index contributed by atoms with van der Waals surface area (Å²) in [5, 5.41) is 2.37. The van der Waals surface area contributed by atoms with E-state index in [0.717, 1.165) is 5.56 Å². The van der Waals surface area contributed by atoms with Crippen LogP contribution in [0.1, 0.15) is 18.5 Å². The summed E-state index contributed by atoms with van der Waals surface area (Å²) in [4.78, 5) is 13.9. The van der Waals surface area contributed by atoms with Crippen molar-refractivity contribution in [1.82, 2.24) is 0 Å². The van der Waals surface area contributed by atoms with Gasteiger partial charge in [0.05, 0.1) is 6.04 Å². The number of fused-ring (bicyclic) bond motifs is 1. The van der Waals surface area contributed by atoms with Crippen LogP contribution in [0.3, 0.4) is 0 Å². The lowest BCUT2D eigenvalue weighted by Gasteiger charge is -2.05.